The number of hydrogen-bond donors (Lipinski definition) is 1. The van der Waals surface area contributed by atoms with Gasteiger partial charge in [-0.15, -0.1) is 0 Å². The Labute approximate surface area is 131 Å². The SMILES string of the molecule is CNC(CCC1CCCCC1)c1c(C)c(C)cc(C)c1C. The highest BCUT2D eigenvalue weighted by molar-refractivity contribution is 5.45. The van der Waals surface area contributed by atoms with E-state index in [2.05, 4.69) is 46.1 Å². The van der Waals surface area contributed by atoms with Crippen LogP contribution in [0.1, 0.15) is 78.8 Å². The molecular weight excluding hydrogens is 254 g/mol. The van der Waals surface area contributed by atoms with Gasteiger partial charge in [-0.05, 0) is 81.3 Å². The van der Waals surface area contributed by atoms with Crippen molar-refractivity contribution in [2.24, 2.45) is 5.92 Å². The molecule has 0 heterocycles. The van der Waals surface area contributed by atoms with Crippen molar-refractivity contribution in [1.29, 1.82) is 0 Å². The third-order valence-electron chi connectivity index (χ3n) is 5.71. The van der Waals surface area contributed by atoms with E-state index in [1.807, 2.05) is 0 Å². The van der Waals surface area contributed by atoms with Gasteiger partial charge in [0.05, 0.1) is 0 Å². The zero-order valence-electron chi connectivity index (χ0n) is 14.7. The fraction of sp³-hybridized carbons (Fsp3) is 0.700. The van der Waals surface area contributed by atoms with Gasteiger partial charge < -0.3 is 5.32 Å². The van der Waals surface area contributed by atoms with Gasteiger partial charge >= 0.3 is 0 Å². The summed E-state index contributed by atoms with van der Waals surface area (Å²) in [4.78, 5) is 0. The number of nitrogens with one attached hydrogen (secondary N) is 1. The largest absolute Gasteiger partial charge is 0.313 e. The Hall–Kier alpha value is -0.820. The molecule has 1 nitrogen and oxygen atoms in total. The summed E-state index contributed by atoms with van der Waals surface area (Å²) in [5, 5.41) is 3.59. The minimum atomic E-state index is 0.519. The second-order valence-electron chi connectivity index (χ2n) is 7.10. The van der Waals surface area contributed by atoms with Crippen molar-refractivity contribution < 1.29 is 0 Å². The Kier molecular flexibility index (Phi) is 5.87. The molecule has 1 aliphatic carbocycles. The van der Waals surface area contributed by atoms with E-state index >= 15 is 0 Å². The lowest BCUT2D eigenvalue weighted by atomic mass is 9.82. The lowest BCUT2D eigenvalue weighted by Gasteiger charge is -2.27. The first-order valence-electron chi connectivity index (χ1n) is 8.79. The van der Waals surface area contributed by atoms with Crippen LogP contribution in [0.25, 0.3) is 0 Å². The summed E-state index contributed by atoms with van der Waals surface area (Å²) in [5.41, 5.74) is 7.41. The van der Waals surface area contributed by atoms with Crippen LogP contribution in [-0.2, 0) is 0 Å². The molecule has 0 amide bonds. The molecule has 2 rings (SSSR count). The molecule has 21 heavy (non-hydrogen) atoms. The monoisotopic (exact) mass is 287 g/mol. The highest BCUT2D eigenvalue weighted by Gasteiger charge is 2.20. The summed E-state index contributed by atoms with van der Waals surface area (Å²) in [6, 6.07) is 2.85. The molecule has 0 spiro atoms. The van der Waals surface area contributed by atoms with E-state index in [9.17, 15) is 0 Å². The Morgan fingerprint density at radius 2 is 1.57 bits per heavy atom. The van der Waals surface area contributed by atoms with E-state index in [0.717, 1.165) is 5.92 Å². The second-order valence-corrected chi connectivity index (χ2v) is 7.10. The number of hydrogen-bond acceptors (Lipinski definition) is 1. The predicted molar refractivity (Wildman–Crippen MR) is 93.0 cm³/mol. The first kappa shape index (κ1) is 16.5. The lowest BCUT2D eigenvalue weighted by Crippen LogP contribution is -2.21. The fourth-order valence-corrected chi connectivity index (χ4v) is 4.08. The first-order chi connectivity index (χ1) is 10.0. The topological polar surface area (TPSA) is 12.0 Å². The van der Waals surface area contributed by atoms with Crippen LogP contribution in [0.15, 0.2) is 6.07 Å². The smallest absolute Gasteiger partial charge is 0.0323 e. The number of aryl methyl sites for hydroxylation is 2. The Morgan fingerprint density at radius 3 is 2.10 bits per heavy atom. The fourth-order valence-electron chi connectivity index (χ4n) is 4.08. The summed E-state index contributed by atoms with van der Waals surface area (Å²) in [6.07, 6.45) is 9.96. The Morgan fingerprint density at radius 1 is 1.00 bits per heavy atom. The van der Waals surface area contributed by atoms with E-state index in [1.54, 1.807) is 5.56 Å². The molecule has 0 aromatic heterocycles. The maximum Gasteiger partial charge on any atom is 0.0323 e. The highest BCUT2D eigenvalue weighted by Crippen LogP contribution is 2.33. The Bertz CT molecular complexity index is 443. The molecule has 1 saturated carbocycles. The average Bonchev–Trinajstić information content (AvgIpc) is 2.49. The van der Waals surface area contributed by atoms with E-state index in [-0.39, 0.29) is 0 Å². The summed E-state index contributed by atoms with van der Waals surface area (Å²) in [5.74, 6) is 0.973. The first-order valence-corrected chi connectivity index (χ1v) is 8.79. The zero-order valence-corrected chi connectivity index (χ0v) is 14.7. The van der Waals surface area contributed by atoms with Gasteiger partial charge in [-0.3, -0.25) is 0 Å². The van der Waals surface area contributed by atoms with Crippen molar-refractivity contribution in [3.05, 3.63) is 33.9 Å². The summed E-state index contributed by atoms with van der Waals surface area (Å²) in [6.45, 7) is 9.09. The molecule has 0 aliphatic heterocycles. The maximum atomic E-state index is 3.59. The van der Waals surface area contributed by atoms with Crippen LogP contribution in [-0.4, -0.2) is 7.05 Å². The minimum Gasteiger partial charge on any atom is -0.313 e. The van der Waals surface area contributed by atoms with Crippen molar-refractivity contribution in [3.63, 3.8) is 0 Å². The van der Waals surface area contributed by atoms with Gasteiger partial charge in [0, 0.05) is 6.04 Å². The lowest BCUT2D eigenvalue weighted by molar-refractivity contribution is 0.317. The highest BCUT2D eigenvalue weighted by atomic mass is 14.9. The molecule has 1 aromatic carbocycles. The molecule has 1 N–H and O–H groups in total. The van der Waals surface area contributed by atoms with E-state index in [1.165, 1.54) is 67.2 Å². The van der Waals surface area contributed by atoms with E-state index in [4.69, 9.17) is 0 Å². The normalized spacial score (nSPS) is 18.0. The molecule has 1 fully saturated rings. The average molecular weight is 287 g/mol. The van der Waals surface area contributed by atoms with Gasteiger partial charge in [-0.1, -0.05) is 38.2 Å². The third kappa shape index (κ3) is 3.88. The summed E-state index contributed by atoms with van der Waals surface area (Å²) in [7, 11) is 2.13. The molecule has 0 bridgehead atoms. The maximum absolute atomic E-state index is 3.59. The van der Waals surface area contributed by atoms with Gasteiger partial charge in [0.1, 0.15) is 0 Å². The Balaban J connectivity index is 2.13. The molecule has 1 atom stereocenters. The van der Waals surface area contributed by atoms with Crippen LogP contribution < -0.4 is 5.32 Å². The van der Waals surface area contributed by atoms with E-state index < -0.39 is 0 Å². The van der Waals surface area contributed by atoms with Gasteiger partial charge in [0.15, 0.2) is 0 Å². The zero-order chi connectivity index (χ0) is 15.4. The molecule has 1 unspecified atom stereocenters. The molecular formula is C20H33N. The molecule has 1 heteroatoms. The third-order valence-corrected chi connectivity index (χ3v) is 5.71. The van der Waals surface area contributed by atoms with Crippen LogP contribution in [0.2, 0.25) is 0 Å². The van der Waals surface area contributed by atoms with Crippen LogP contribution in [0.3, 0.4) is 0 Å². The van der Waals surface area contributed by atoms with Crippen molar-refractivity contribution in [2.75, 3.05) is 7.05 Å². The molecule has 0 radical (unpaired) electrons. The summed E-state index contributed by atoms with van der Waals surface area (Å²) < 4.78 is 0. The number of benzene rings is 1. The van der Waals surface area contributed by atoms with E-state index in [0.29, 0.717) is 6.04 Å². The van der Waals surface area contributed by atoms with Crippen molar-refractivity contribution in [2.45, 2.75) is 78.7 Å². The predicted octanol–water partition coefficient (Wildman–Crippen LogP) is 5.54. The van der Waals surface area contributed by atoms with Gasteiger partial charge in [0.2, 0.25) is 0 Å². The van der Waals surface area contributed by atoms with Crippen molar-refractivity contribution in [1.82, 2.24) is 5.32 Å². The molecule has 0 saturated heterocycles. The van der Waals surface area contributed by atoms with Crippen molar-refractivity contribution in [3.8, 4) is 0 Å². The van der Waals surface area contributed by atoms with Crippen LogP contribution >= 0.6 is 0 Å². The van der Waals surface area contributed by atoms with Crippen LogP contribution in [0.4, 0.5) is 0 Å². The number of rotatable bonds is 5. The minimum absolute atomic E-state index is 0.519. The molecule has 118 valence electrons. The van der Waals surface area contributed by atoms with Gasteiger partial charge in [0.25, 0.3) is 0 Å². The van der Waals surface area contributed by atoms with Gasteiger partial charge in [-0.25, -0.2) is 0 Å². The van der Waals surface area contributed by atoms with Crippen molar-refractivity contribution >= 4 is 0 Å². The van der Waals surface area contributed by atoms with Gasteiger partial charge in [-0.2, -0.15) is 0 Å². The van der Waals surface area contributed by atoms with Crippen LogP contribution in [0.5, 0.6) is 0 Å². The quantitative estimate of drug-likeness (QED) is 0.749. The summed E-state index contributed by atoms with van der Waals surface area (Å²) >= 11 is 0. The standard InChI is InChI=1S/C20H33N/c1-14-13-15(2)17(4)20(16(14)3)19(21-5)12-11-18-9-7-6-8-10-18/h13,18-19,21H,6-12H2,1-5H3. The molecule has 1 aliphatic rings. The second kappa shape index (κ2) is 7.45. The molecule has 1 aromatic rings. The van der Waals surface area contributed by atoms with Crippen LogP contribution in [0, 0.1) is 33.6 Å².